The van der Waals surface area contributed by atoms with Crippen molar-refractivity contribution in [3.8, 4) is 17.2 Å². The zero-order valence-electron chi connectivity index (χ0n) is 14.9. The van der Waals surface area contributed by atoms with Gasteiger partial charge in [-0.05, 0) is 35.4 Å². The van der Waals surface area contributed by atoms with Crippen LogP contribution in [0, 0.1) is 0 Å². The molecule has 0 aliphatic heterocycles. The van der Waals surface area contributed by atoms with Crippen molar-refractivity contribution in [1.82, 2.24) is 5.32 Å². The molecule has 0 heterocycles. The predicted octanol–water partition coefficient (Wildman–Crippen LogP) is 2.79. The first-order valence-corrected chi connectivity index (χ1v) is 7.77. The summed E-state index contributed by atoms with van der Waals surface area (Å²) in [6.45, 7) is 0.804. The lowest BCUT2D eigenvalue weighted by molar-refractivity contribution is 0.0950. The predicted molar refractivity (Wildman–Crippen MR) is 94.4 cm³/mol. The number of amides is 1. The topological polar surface area (TPSA) is 66.0 Å². The van der Waals surface area contributed by atoms with E-state index in [2.05, 4.69) is 5.32 Å². The van der Waals surface area contributed by atoms with Crippen LogP contribution in [-0.2, 0) is 17.9 Å². The first kappa shape index (κ1) is 18.6. The first-order valence-electron chi connectivity index (χ1n) is 7.77. The molecule has 2 aromatic carbocycles. The third kappa shape index (κ3) is 4.64. The molecule has 0 fully saturated rings. The fraction of sp³-hybridized carbons (Fsp3) is 0.316. The number of ether oxygens (including phenoxy) is 4. The molecule has 0 radical (unpaired) electrons. The molecule has 0 atom stereocenters. The highest BCUT2D eigenvalue weighted by atomic mass is 16.5. The van der Waals surface area contributed by atoms with Crippen LogP contribution in [-0.4, -0.2) is 34.3 Å². The molecule has 0 spiro atoms. The van der Waals surface area contributed by atoms with Crippen LogP contribution in [0.3, 0.4) is 0 Å². The first-order chi connectivity index (χ1) is 12.1. The van der Waals surface area contributed by atoms with Gasteiger partial charge in [-0.3, -0.25) is 4.79 Å². The Morgan fingerprint density at radius 3 is 2.16 bits per heavy atom. The Hall–Kier alpha value is -2.73. The van der Waals surface area contributed by atoms with E-state index in [4.69, 9.17) is 18.9 Å². The van der Waals surface area contributed by atoms with Crippen molar-refractivity contribution in [3.05, 3.63) is 53.1 Å². The van der Waals surface area contributed by atoms with Crippen molar-refractivity contribution in [3.63, 3.8) is 0 Å². The largest absolute Gasteiger partial charge is 0.493 e. The summed E-state index contributed by atoms with van der Waals surface area (Å²) in [6, 6.07) is 11.0. The van der Waals surface area contributed by atoms with E-state index in [0.717, 1.165) is 11.1 Å². The lowest BCUT2D eigenvalue weighted by Gasteiger charge is -2.14. The van der Waals surface area contributed by atoms with Crippen LogP contribution < -0.4 is 19.5 Å². The molecule has 0 bridgehead atoms. The zero-order valence-corrected chi connectivity index (χ0v) is 14.9. The molecule has 2 rings (SSSR count). The molecule has 0 aliphatic carbocycles. The number of hydrogen-bond acceptors (Lipinski definition) is 5. The Morgan fingerprint density at radius 2 is 1.60 bits per heavy atom. The van der Waals surface area contributed by atoms with Crippen LogP contribution in [0.2, 0.25) is 0 Å². The van der Waals surface area contributed by atoms with Gasteiger partial charge in [0, 0.05) is 19.2 Å². The van der Waals surface area contributed by atoms with Gasteiger partial charge >= 0.3 is 0 Å². The average molecular weight is 345 g/mol. The second kappa shape index (κ2) is 8.94. The van der Waals surface area contributed by atoms with E-state index in [1.54, 1.807) is 34.5 Å². The van der Waals surface area contributed by atoms with Gasteiger partial charge in [-0.1, -0.05) is 12.1 Å². The molecule has 0 unspecified atom stereocenters. The number of nitrogens with one attached hydrogen (secondary N) is 1. The highest BCUT2D eigenvalue weighted by molar-refractivity contribution is 5.94. The summed E-state index contributed by atoms with van der Waals surface area (Å²) in [4.78, 5) is 12.4. The molecule has 0 saturated heterocycles. The molecule has 0 aliphatic rings. The van der Waals surface area contributed by atoms with Crippen molar-refractivity contribution < 1.29 is 23.7 Å². The Morgan fingerprint density at radius 1 is 0.920 bits per heavy atom. The van der Waals surface area contributed by atoms with Crippen molar-refractivity contribution >= 4 is 5.91 Å². The molecule has 6 nitrogen and oxygen atoms in total. The second-order valence-electron chi connectivity index (χ2n) is 5.35. The van der Waals surface area contributed by atoms with Gasteiger partial charge in [0.1, 0.15) is 0 Å². The minimum Gasteiger partial charge on any atom is -0.493 e. The number of methoxy groups -OCH3 is 4. The molecule has 1 amide bonds. The number of rotatable bonds is 8. The summed E-state index contributed by atoms with van der Waals surface area (Å²) in [6.07, 6.45) is 0. The Kier molecular flexibility index (Phi) is 6.65. The van der Waals surface area contributed by atoms with E-state index < -0.39 is 0 Å². The quantitative estimate of drug-likeness (QED) is 0.797. The molecular weight excluding hydrogens is 322 g/mol. The normalized spacial score (nSPS) is 10.2. The number of benzene rings is 2. The van der Waals surface area contributed by atoms with Crippen molar-refractivity contribution in [2.75, 3.05) is 28.4 Å². The van der Waals surface area contributed by atoms with Gasteiger partial charge in [-0.2, -0.15) is 0 Å². The summed E-state index contributed by atoms with van der Waals surface area (Å²) in [5.74, 6) is 1.46. The van der Waals surface area contributed by atoms with Gasteiger partial charge in [-0.15, -0.1) is 0 Å². The minimum absolute atomic E-state index is 0.160. The highest BCUT2D eigenvalue weighted by Gasteiger charge is 2.14. The van der Waals surface area contributed by atoms with Crippen LogP contribution in [0.1, 0.15) is 21.5 Å². The van der Waals surface area contributed by atoms with Crippen molar-refractivity contribution in [1.29, 1.82) is 0 Å². The molecule has 1 N–H and O–H groups in total. The fourth-order valence-electron chi connectivity index (χ4n) is 2.49. The van der Waals surface area contributed by atoms with E-state index in [-0.39, 0.29) is 5.91 Å². The third-order valence-electron chi connectivity index (χ3n) is 3.68. The molecule has 25 heavy (non-hydrogen) atoms. The number of carbonyl (C=O) groups excluding carboxylic acids is 1. The second-order valence-corrected chi connectivity index (χ2v) is 5.35. The van der Waals surface area contributed by atoms with Gasteiger partial charge in [-0.25, -0.2) is 0 Å². The average Bonchev–Trinajstić information content (AvgIpc) is 2.65. The van der Waals surface area contributed by atoms with E-state index in [0.29, 0.717) is 36.0 Å². The van der Waals surface area contributed by atoms with E-state index in [1.165, 1.54) is 0 Å². The van der Waals surface area contributed by atoms with Crippen LogP contribution in [0.4, 0.5) is 0 Å². The lowest BCUT2D eigenvalue weighted by Crippen LogP contribution is -2.23. The summed E-state index contributed by atoms with van der Waals surface area (Å²) in [5, 5.41) is 2.89. The van der Waals surface area contributed by atoms with E-state index >= 15 is 0 Å². The smallest absolute Gasteiger partial charge is 0.251 e. The number of carbonyl (C=O) groups is 1. The summed E-state index contributed by atoms with van der Waals surface area (Å²) in [7, 11) is 6.29. The highest BCUT2D eigenvalue weighted by Crippen LogP contribution is 2.38. The SMILES string of the molecule is COCc1cccc(C(=O)NCc2cc(OC)c(OC)c(OC)c2)c1. The molecule has 0 saturated carbocycles. The molecular formula is C19H23NO5. The molecule has 2 aromatic rings. The summed E-state index contributed by atoms with van der Waals surface area (Å²) < 4.78 is 21.0. The maximum atomic E-state index is 12.4. The van der Waals surface area contributed by atoms with Crippen LogP contribution in [0.15, 0.2) is 36.4 Å². The Bertz CT molecular complexity index is 704. The molecule has 0 aromatic heterocycles. The zero-order chi connectivity index (χ0) is 18.2. The van der Waals surface area contributed by atoms with Crippen molar-refractivity contribution in [2.24, 2.45) is 0 Å². The maximum absolute atomic E-state index is 12.4. The lowest BCUT2D eigenvalue weighted by atomic mass is 10.1. The monoisotopic (exact) mass is 345 g/mol. The van der Waals surface area contributed by atoms with Crippen LogP contribution in [0.5, 0.6) is 17.2 Å². The maximum Gasteiger partial charge on any atom is 0.251 e. The van der Waals surface area contributed by atoms with E-state index in [9.17, 15) is 4.79 Å². The minimum atomic E-state index is -0.160. The fourth-order valence-corrected chi connectivity index (χ4v) is 2.49. The van der Waals surface area contributed by atoms with E-state index in [1.807, 2.05) is 30.3 Å². The molecule has 134 valence electrons. The van der Waals surface area contributed by atoms with Crippen LogP contribution in [0.25, 0.3) is 0 Å². The Labute approximate surface area is 147 Å². The number of hydrogen-bond donors (Lipinski definition) is 1. The molecule has 6 heteroatoms. The van der Waals surface area contributed by atoms with Gasteiger partial charge in [0.25, 0.3) is 5.91 Å². The van der Waals surface area contributed by atoms with Gasteiger partial charge in [0.15, 0.2) is 11.5 Å². The van der Waals surface area contributed by atoms with Gasteiger partial charge in [0.05, 0.1) is 27.9 Å². The standard InChI is InChI=1S/C19H23NO5/c1-22-12-13-6-5-7-15(8-13)19(21)20-11-14-9-16(23-2)18(25-4)17(10-14)24-3/h5-10H,11-12H2,1-4H3,(H,20,21). The van der Waals surface area contributed by atoms with Crippen LogP contribution >= 0.6 is 0 Å². The summed E-state index contributed by atoms with van der Waals surface area (Å²) in [5.41, 5.74) is 2.38. The third-order valence-corrected chi connectivity index (χ3v) is 3.68. The van der Waals surface area contributed by atoms with Gasteiger partial charge < -0.3 is 24.3 Å². The Balaban J connectivity index is 2.12. The van der Waals surface area contributed by atoms with Crippen molar-refractivity contribution in [2.45, 2.75) is 13.2 Å². The van der Waals surface area contributed by atoms with Gasteiger partial charge in [0.2, 0.25) is 5.75 Å². The summed E-state index contributed by atoms with van der Waals surface area (Å²) >= 11 is 0.